The number of allylic oxidation sites excluding steroid dienone is 1. The van der Waals surface area contributed by atoms with Crippen LogP contribution in [-0.2, 0) is 23.7 Å². The molecule has 2 aromatic rings. The molecule has 2 aromatic heterocycles. The lowest BCUT2D eigenvalue weighted by molar-refractivity contribution is -0.199. The van der Waals surface area contributed by atoms with Crippen LogP contribution in [0.3, 0.4) is 0 Å². The van der Waals surface area contributed by atoms with Gasteiger partial charge in [0.05, 0.1) is 12.9 Å². The molecule has 0 amide bonds. The van der Waals surface area contributed by atoms with Crippen LogP contribution in [0.5, 0.6) is 0 Å². The van der Waals surface area contributed by atoms with E-state index in [0.717, 1.165) is 12.8 Å². The van der Waals surface area contributed by atoms with E-state index in [0.29, 0.717) is 48.1 Å². The van der Waals surface area contributed by atoms with Crippen LogP contribution in [0.4, 0.5) is 5.82 Å². The van der Waals surface area contributed by atoms with Gasteiger partial charge in [0.15, 0.2) is 23.5 Å². The van der Waals surface area contributed by atoms with Crippen molar-refractivity contribution in [3.05, 3.63) is 24.8 Å². The Hall–Kier alpha value is -2.60. The van der Waals surface area contributed by atoms with E-state index in [1.54, 1.807) is 12.4 Å². The van der Waals surface area contributed by atoms with Gasteiger partial charge in [0, 0.05) is 24.7 Å². The lowest BCUT2D eigenvalue weighted by Gasteiger charge is -2.45. The van der Waals surface area contributed by atoms with Crippen LogP contribution in [0.1, 0.15) is 53.7 Å². The fourth-order valence-electron chi connectivity index (χ4n) is 5.54. The third kappa shape index (κ3) is 4.72. The topological polar surface area (TPSA) is 127 Å². The van der Waals surface area contributed by atoms with Crippen molar-refractivity contribution in [2.24, 2.45) is 5.92 Å². The smallest absolute Gasteiger partial charge is 0.330 e. The summed E-state index contributed by atoms with van der Waals surface area (Å²) in [5.74, 6) is -0.296. The van der Waals surface area contributed by atoms with E-state index < -0.39 is 12.0 Å². The number of hydrogen-bond acceptors (Lipinski definition) is 10. The lowest BCUT2D eigenvalue weighted by Crippen LogP contribution is -2.52. The van der Waals surface area contributed by atoms with E-state index in [-0.39, 0.29) is 24.3 Å². The van der Waals surface area contributed by atoms with E-state index in [9.17, 15) is 4.79 Å². The van der Waals surface area contributed by atoms with Gasteiger partial charge in [-0.15, -0.1) is 0 Å². The second-order valence-electron chi connectivity index (χ2n) is 10.5. The van der Waals surface area contributed by atoms with Crippen molar-refractivity contribution in [1.82, 2.24) is 24.4 Å². The number of aromatic nitrogens is 4. The standard InChI is InChI=1S/C25H36N6O5/c1-6-33-18(32)8-7-15-9-16(10-15)30(14(2)3)11-17-20-21(36-25(4,5)35-20)24(34-17)31-13-29-19-22(26)27-12-28-23(19)31/h7-8,12-17,20-21,24H,6,9-11H2,1-5H3,(H2,26,27,28)/b8-7+/t15-,16+,17-,20-,21-,24?/m1/s1. The number of carbonyl (C=O) groups excluding carboxylic acids is 1. The van der Waals surface area contributed by atoms with E-state index in [1.807, 2.05) is 31.4 Å². The molecule has 196 valence electrons. The first-order valence-electron chi connectivity index (χ1n) is 12.7. The minimum absolute atomic E-state index is 0.199. The zero-order chi connectivity index (χ0) is 25.6. The molecule has 11 heteroatoms. The number of carbonyl (C=O) groups is 1. The number of anilines is 1. The summed E-state index contributed by atoms with van der Waals surface area (Å²) in [5, 5.41) is 0. The summed E-state index contributed by atoms with van der Waals surface area (Å²) >= 11 is 0. The zero-order valence-corrected chi connectivity index (χ0v) is 21.5. The van der Waals surface area contributed by atoms with Crippen LogP contribution < -0.4 is 5.73 Å². The molecule has 4 atom stereocenters. The van der Waals surface area contributed by atoms with Crippen LogP contribution in [0.15, 0.2) is 24.8 Å². The summed E-state index contributed by atoms with van der Waals surface area (Å²) in [6, 6.07) is 0.725. The number of esters is 1. The Balaban J connectivity index is 1.31. The first kappa shape index (κ1) is 25.1. The van der Waals surface area contributed by atoms with Gasteiger partial charge in [-0.2, -0.15) is 0 Å². The van der Waals surface area contributed by atoms with E-state index >= 15 is 0 Å². The SMILES string of the molecule is CCOC(=O)/C=C/[C@H]1C[C@@H](N(C[C@H]2OC(n3cnc4c(N)ncnc43)[C@@H]3OC(C)(C)O[C@H]23)C(C)C)C1. The van der Waals surface area contributed by atoms with Crippen molar-refractivity contribution in [3.63, 3.8) is 0 Å². The molecule has 0 aromatic carbocycles. The molecule has 1 unspecified atom stereocenters. The van der Waals surface area contributed by atoms with E-state index in [4.69, 9.17) is 24.7 Å². The summed E-state index contributed by atoms with van der Waals surface area (Å²) in [6.45, 7) is 11.2. The van der Waals surface area contributed by atoms with Gasteiger partial charge in [-0.1, -0.05) is 6.08 Å². The monoisotopic (exact) mass is 500 g/mol. The predicted molar refractivity (Wildman–Crippen MR) is 132 cm³/mol. The summed E-state index contributed by atoms with van der Waals surface area (Å²) < 4.78 is 26.1. The molecule has 4 heterocycles. The molecule has 0 spiro atoms. The Morgan fingerprint density at radius 1 is 1.28 bits per heavy atom. The minimum atomic E-state index is -0.720. The molecule has 1 saturated carbocycles. The van der Waals surface area contributed by atoms with Gasteiger partial charge in [0.2, 0.25) is 0 Å². The fraction of sp³-hybridized carbons (Fsp3) is 0.680. The number of hydrogen-bond donors (Lipinski definition) is 1. The van der Waals surface area contributed by atoms with Crippen LogP contribution in [0.25, 0.3) is 11.2 Å². The molecule has 36 heavy (non-hydrogen) atoms. The summed E-state index contributed by atoms with van der Waals surface area (Å²) in [7, 11) is 0. The number of imidazole rings is 1. The molecule has 0 bridgehead atoms. The highest BCUT2D eigenvalue weighted by molar-refractivity contribution is 5.82. The number of nitrogens with two attached hydrogens (primary N) is 1. The molecule has 2 aliphatic heterocycles. The van der Waals surface area contributed by atoms with Crippen LogP contribution in [0.2, 0.25) is 0 Å². The van der Waals surface area contributed by atoms with Crippen molar-refractivity contribution in [2.45, 2.75) is 89.9 Å². The number of nitrogen functional groups attached to an aromatic ring is 1. The molecule has 1 aliphatic carbocycles. The average Bonchev–Trinajstić information content (AvgIpc) is 3.43. The normalized spacial score (nSPS) is 31.4. The van der Waals surface area contributed by atoms with Gasteiger partial charge in [-0.25, -0.2) is 19.7 Å². The zero-order valence-electron chi connectivity index (χ0n) is 21.5. The Kier molecular flexibility index (Phi) is 6.75. The molecule has 5 rings (SSSR count). The Morgan fingerprint density at radius 3 is 2.75 bits per heavy atom. The first-order chi connectivity index (χ1) is 17.2. The second-order valence-corrected chi connectivity index (χ2v) is 10.5. The van der Waals surface area contributed by atoms with Crippen molar-refractivity contribution in [2.75, 3.05) is 18.9 Å². The highest BCUT2D eigenvalue weighted by Gasteiger charge is 2.56. The Bertz CT molecular complexity index is 1130. The molecule has 11 nitrogen and oxygen atoms in total. The molecule has 2 saturated heterocycles. The van der Waals surface area contributed by atoms with Gasteiger partial charge in [0.1, 0.15) is 30.2 Å². The number of rotatable bonds is 8. The maximum absolute atomic E-state index is 11.6. The highest BCUT2D eigenvalue weighted by atomic mass is 16.8. The van der Waals surface area contributed by atoms with Gasteiger partial charge < -0.3 is 24.7 Å². The largest absolute Gasteiger partial charge is 0.463 e. The van der Waals surface area contributed by atoms with Crippen molar-refractivity contribution >= 4 is 23.0 Å². The second kappa shape index (κ2) is 9.70. The molecular formula is C25H36N6O5. The van der Waals surface area contributed by atoms with E-state index in [2.05, 4.69) is 33.7 Å². The molecule has 0 radical (unpaired) electrons. The first-order valence-corrected chi connectivity index (χ1v) is 12.7. The quantitative estimate of drug-likeness (QED) is 0.426. The molecule has 3 fully saturated rings. The molecular weight excluding hydrogens is 464 g/mol. The summed E-state index contributed by atoms with van der Waals surface area (Å²) in [4.78, 5) is 27.0. The third-order valence-electron chi connectivity index (χ3n) is 7.25. The molecule has 2 N–H and O–H groups in total. The van der Waals surface area contributed by atoms with Crippen molar-refractivity contribution in [3.8, 4) is 0 Å². The maximum Gasteiger partial charge on any atom is 0.330 e. The van der Waals surface area contributed by atoms with Gasteiger partial charge in [0.25, 0.3) is 0 Å². The Labute approximate surface area is 210 Å². The summed E-state index contributed by atoms with van der Waals surface area (Å²) in [6.07, 6.45) is 7.42. The van der Waals surface area contributed by atoms with Crippen LogP contribution in [-0.4, -0.2) is 79.7 Å². The average molecular weight is 501 g/mol. The van der Waals surface area contributed by atoms with Crippen molar-refractivity contribution < 1.29 is 23.7 Å². The Morgan fingerprint density at radius 2 is 2.03 bits per heavy atom. The number of fused-ring (bicyclic) bond motifs is 2. The van der Waals surface area contributed by atoms with Gasteiger partial charge in [-0.3, -0.25) is 9.47 Å². The van der Waals surface area contributed by atoms with E-state index in [1.165, 1.54) is 6.33 Å². The predicted octanol–water partition coefficient (Wildman–Crippen LogP) is 2.43. The minimum Gasteiger partial charge on any atom is -0.463 e. The third-order valence-corrected chi connectivity index (χ3v) is 7.25. The van der Waals surface area contributed by atoms with Gasteiger partial charge >= 0.3 is 5.97 Å². The lowest BCUT2D eigenvalue weighted by atomic mass is 9.78. The van der Waals surface area contributed by atoms with Gasteiger partial charge in [-0.05, 0) is 53.4 Å². The van der Waals surface area contributed by atoms with Crippen molar-refractivity contribution in [1.29, 1.82) is 0 Å². The fourth-order valence-corrected chi connectivity index (χ4v) is 5.54. The summed E-state index contributed by atoms with van der Waals surface area (Å²) in [5.41, 5.74) is 7.15. The van der Waals surface area contributed by atoms with Crippen LogP contribution >= 0.6 is 0 Å². The number of ether oxygens (including phenoxy) is 4. The highest BCUT2D eigenvalue weighted by Crippen LogP contribution is 2.45. The number of nitrogens with zero attached hydrogens (tertiary/aromatic N) is 5. The molecule has 3 aliphatic rings. The van der Waals surface area contributed by atoms with Crippen LogP contribution in [0, 0.1) is 5.92 Å². The maximum atomic E-state index is 11.6.